The number of benzene rings is 1. The Morgan fingerprint density at radius 3 is 2.63 bits per heavy atom. The van der Waals surface area contributed by atoms with Crippen molar-refractivity contribution in [2.75, 3.05) is 45.1 Å². The number of nitrogen functional groups attached to an aromatic ring is 1. The first kappa shape index (κ1) is 13.8. The van der Waals surface area contributed by atoms with Gasteiger partial charge in [-0.3, -0.25) is 9.69 Å². The van der Waals surface area contributed by atoms with Crippen LogP contribution in [0.15, 0.2) is 24.3 Å². The number of carbonyl (C=O) groups excluding carboxylic acids is 1. The number of hydrogen-bond acceptors (Lipinski definition) is 4. The highest BCUT2D eigenvalue weighted by Crippen LogP contribution is 2.05. The summed E-state index contributed by atoms with van der Waals surface area (Å²) in [5.41, 5.74) is 6.91. The third-order valence-corrected chi connectivity index (χ3v) is 3.21. The average Bonchev–Trinajstić information content (AvgIpc) is 2.45. The van der Waals surface area contributed by atoms with Crippen LogP contribution in [-0.4, -0.2) is 50.2 Å². The third-order valence-electron chi connectivity index (χ3n) is 3.21. The smallest absolute Gasteiger partial charge is 0.251 e. The summed E-state index contributed by atoms with van der Waals surface area (Å²) in [5, 5.41) is 2.92. The lowest BCUT2D eigenvalue weighted by Gasteiger charge is -2.26. The Kier molecular flexibility index (Phi) is 5.18. The predicted molar refractivity (Wildman–Crippen MR) is 75.1 cm³/mol. The van der Waals surface area contributed by atoms with Crippen molar-refractivity contribution in [3.05, 3.63) is 29.8 Å². The fourth-order valence-electron chi connectivity index (χ4n) is 2.07. The summed E-state index contributed by atoms with van der Waals surface area (Å²) in [6.45, 7) is 5.32. The summed E-state index contributed by atoms with van der Waals surface area (Å²) in [4.78, 5) is 14.2. The summed E-state index contributed by atoms with van der Waals surface area (Å²) in [6, 6.07) is 6.96. The Hall–Kier alpha value is -1.59. The van der Waals surface area contributed by atoms with E-state index in [1.54, 1.807) is 24.3 Å². The van der Waals surface area contributed by atoms with Crippen LogP contribution in [0.2, 0.25) is 0 Å². The standard InChI is InChI=1S/C14H21N3O2/c15-13-4-2-12(3-5-13)14(18)16-6-1-7-17-8-10-19-11-9-17/h2-5H,1,6-11,15H2,(H,16,18). The molecule has 1 amide bonds. The van der Waals surface area contributed by atoms with Crippen molar-refractivity contribution >= 4 is 11.6 Å². The van der Waals surface area contributed by atoms with Crippen molar-refractivity contribution < 1.29 is 9.53 Å². The van der Waals surface area contributed by atoms with Crippen molar-refractivity contribution in [3.8, 4) is 0 Å². The van der Waals surface area contributed by atoms with Crippen LogP contribution in [0.1, 0.15) is 16.8 Å². The van der Waals surface area contributed by atoms with Crippen LogP contribution in [0.5, 0.6) is 0 Å². The molecule has 0 radical (unpaired) electrons. The first-order valence-electron chi connectivity index (χ1n) is 6.69. The molecule has 0 atom stereocenters. The molecule has 1 aromatic carbocycles. The monoisotopic (exact) mass is 263 g/mol. The Morgan fingerprint density at radius 1 is 1.26 bits per heavy atom. The predicted octanol–water partition coefficient (Wildman–Crippen LogP) is 0.721. The first-order chi connectivity index (χ1) is 9.25. The number of ether oxygens (including phenoxy) is 1. The largest absolute Gasteiger partial charge is 0.399 e. The van der Waals surface area contributed by atoms with Crippen LogP contribution < -0.4 is 11.1 Å². The van der Waals surface area contributed by atoms with Gasteiger partial charge in [-0.05, 0) is 37.2 Å². The highest BCUT2D eigenvalue weighted by atomic mass is 16.5. The molecule has 1 aliphatic heterocycles. The fourth-order valence-corrected chi connectivity index (χ4v) is 2.07. The molecule has 0 spiro atoms. The van der Waals surface area contributed by atoms with Crippen LogP contribution in [0, 0.1) is 0 Å². The van der Waals surface area contributed by atoms with Crippen LogP contribution in [-0.2, 0) is 4.74 Å². The van der Waals surface area contributed by atoms with Crippen molar-refractivity contribution in [2.24, 2.45) is 0 Å². The fraction of sp³-hybridized carbons (Fsp3) is 0.500. The van der Waals surface area contributed by atoms with Gasteiger partial charge in [0.2, 0.25) is 0 Å². The number of nitrogens with zero attached hydrogens (tertiary/aromatic N) is 1. The van der Waals surface area contributed by atoms with Gasteiger partial charge in [0.25, 0.3) is 5.91 Å². The number of nitrogens with two attached hydrogens (primary N) is 1. The third kappa shape index (κ3) is 4.54. The molecular formula is C14H21N3O2. The van der Waals surface area contributed by atoms with Gasteiger partial charge in [0, 0.05) is 30.9 Å². The lowest BCUT2D eigenvalue weighted by molar-refractivity contribution is 0.0374. The highest BCUT2D eigenvalue weighted by Gasteiger charge is 2.09. The van der Waals surface area contributed by atoms with Gasteiger partial charge in [0.15, 0.2) is 0 Å². The SMILES string of the molecule is Nc1ccc(C(=O)NCCCN2CCOCC2)cc1. The lowest BCUT2D eigenvalue weighted by atomic mass is 10.2. The molecule has 19 heavy (non-hydrogen) atoms. The molecule has 2 rings (SSSR count). The van der Waals surface area contributed by atoms with E-state index >= 15 is 0 Å². The molecule has 104 valence electrons. The van der Waals surface area contributed by atoms with Gasteiger partial charge in [0.1, 0.15) is 0 Å². The second-order valence-corrected chi connectivity index (χ2v) is 4.69. The zero-order valence-electron chi connectivity index (χ0n) is 11.1. The van der Waals surface area contributed by atoms with Crippen LogP contribution in [0.4, 0.5) is 5.69 Å². The minimum absolute atomic E-state index is 0.0398. The highest BCUT2D eigenvalue weighted by molar-refractivity contribution is 5.94. The average molecular weight is 263 g/mol. The molecule has 1 saturated heterocycles. The molecule has 1 fully saturated rings. The zero-order chi connectivity index (χ0) is 13.5. The molecular weight excluding hydrogens is 242 g/mol. The maximum atomic E-state index is 11.8. The van der Waals surface area contributed by atoms with E-state index in [1.807, 2.05) is 0 Å². The molecule has 1 heterocycles. The van der Waals surface area contributed by atoms with Gasteiger partial charge in [-0.1, -0.05) is 0 Å². The maximum Gasteiger partial charge on any atom is 0.251 e. The van der Waals surface area contributed by atoms with Gasteiger partial charge < -0.3 is 15.8 Å². The number of hydrogen-bond donors (Lipinski definition) is 2. The van der Waals surface area contributed by atoms with E-state index in [0.717, 1.165) is 39.3 Å². The Balaban J connectivity index is 1.64. The molecule has 0 unspecified atom stereocenters. The topological polar surface area (TPSA) is 67.6 Å². The summed E-state index contributed by atoms with van der Waals surface area (Å²) in [6.07, 6.45) is 0.959. The summed E-state index contributed by atoms with van der Waals surface area (Å²) in [7, 11) is 0. The summed E-state index contributed by atoms with van der Waals surface area (Å²) < 4.78 is 5.29. The van der Waals surface area contributed by atoms with Gasteiger partial charge >= 0.3 is 0 Å². The van der Waals surface area contributed by atoms with E-state index in [2.05, 4.69) is 10.2 Å². The molecule has 0 saturated carbocycles. The first-order valence-corrected chi connectivity index (χ1v) is 6.69. The molecule has 3 N–H and O–H groups in total. The molecule has 1 aliphatic rings. The molecule has 5 heteroatoms. The van der Waals surface area contributed by atoms with Crippen molar-refractivity contribution in [3.63, 3.8) is 0 Å². The summed E-state index contributed by atoms with van der Waals surface area (Å²) >= 11 is 0. The minimum Gasteiger partial charge on any atom is -0.399 e. The lowest BCUT2D eigenvalue weighted by Crippen LogP contribution is -2.38. The number of carbonyl (C=O) groups is 1. The van der Waals surface area contributed by atoms with Gasteiger partial charge in [-0.2, -0.15) is 0 Å². The minimum atomic E-state index is -0.0398. The van der Waals surface area contributed by atoms with Gasteiger partial charge in [-0.15, -0.1) is 0 Å². The van der Waals surface area contributed by atoms with E-state index < -0.39 is 0 Å². The number of nitrogens with one attached hydrogen (secondary N) is 1. The normalized spacial score (nSPS) is 16.2. The molecule has 0 bridgehead atoms. The number of amides is 1. The second-order valence-electron chi connectivity index (χ2n) is 4.69. The quantitative estimate of drug-likeness (QED) is 0.607. The Labute approximate surface area is 113 Å². The van der Waals surface area contributed by atoms with Crippen LogP contribution in [0.3, 0.4) is 0 Å². The van der Waals surface area contributed by atoms with Crippen molar-refractivity contribution in [2.45, 2.75) is 6.42 Å². The van der Waals surface area contributed by atoms with Crippen LogP contribution >= 0.6 is 0 Å². The zero-order valence-corrected chi connectivity index (χ0v) is 11.1. The van der Waals surface area contributed by atoms with Crippen LogP contribution in [0.25, 0.3) is 0 Å². The van der Waals surface area contributed by atoms with E-state index in [0.29, 0.717) is 17.8 Å². The molecule has 0 aromatic heterocycles. The summed E-state index contributed by atoms with van der Waals surface area (Å²) in [5.74, 6) is -0.0398. The van der Waals surface area contributed by atoms with E-state index in [9.17, 15) is 4.79 Å². The van der Waals surface area contributed by atoms with Gasteiger partial charge in [-0.25, -0.2) is 0 Å². The Morgan fingerprint density at radius 2 is 1.95 bits per heavy atom. The van der Waals surface area contributed by atoms with E-state index in [-0.39, 0.29) is 5.91 Å². The second kappa shape index (κ2) is 7.11. The number of morpholine rings is 1. The van der Waals surface area contributed by atoms with E-state index in [4.69, 9.17) is 10.5 Å². The van der Waals surface area contributed by atoms with Crippen molar-refractivity contribution in [1.82, 2.24) is 10.2 Å². The molecule has 1 aromatic rings. The van der Waals surface area contributed by atoms with Crippen molar-refractivity contribution in [1.29, 1.82) is 0 Å². The Bertz CT molecular complexity index is 400. The molecule has 5 nitrogen and oxygen atoms in total. The number of rotatable bonds is 5. The van der Waals surface area contributed by atoms with Gasteiger partial charge in [0.05, 0.1) is 13.2 Å². The molecule has 0 aliphatic carbocycles. The van der Waals surface area contributed by atoms with E-state index in [1.165, 1.54) is 0 Å². The number of anilines is 1. The maximum absolute atomic E-state index is 11.8.